The molecule has 0 saturated carbocycles. The predicted octanol–water partition coefficient (Wildman–Crippen LogP) is 4.16. The van der Waals surface area contributed by atoms with Gasteiger partial charge >= 0.3 is 7.12 Å². The smallest absolute Gasteiger partial charge is 0.456 e. The molecule has 0 aliphatic carbocycles. The van der Waals surface area contributed by atoms with Gasteiger partial charge in [0, 0.05) is 12.5 Å². The summed E-state index contributed by atoms with van der Waals surface area (Å²) in [5.74, 6) is 0.731. The summed E-state index contributed by atoms with van der Waals surface area (Å²) in [6.07, 6.45) is 4.10. The zero-order valence-electron chi connectivity index (χ0n) is 20.2. The van der Waals surface area contributed by atoms with Crippen LogP contribution in [0, 0.1) is 0 Å². The number of sulfone groups is 1. The van der Waals surface area contributed by atoms with Gasteiger partial charge in [0.1, 0.15) is 18.1 Å². The van der Waals surface area contributed by atoms with Crippen LogP contribution in [0.1, 0.15) is 24.1 Å². The highest BCUT2D eigenvalue weighted by molar-refractivity contribution is 7.92. The number of nitrogens with zero attached hydrogens (tertiary/aromatic N) is 1. The van der Waals surface area contributed by atoms with Gasteiger partial charge in [0.2, 0.25) is 0 Å². The molecular weight excluding hydrogens is 489 g/mol. The van der Waals surface area contributed by atoms with Gasteiger partial charge in [-0.2, -0.15) is 0 Å². The van der Waals surface area contributed by atoms with Crippen LogP contribution in [0.25, 0.3) is 11.6 Å². The standard InChI is InChI=1S/C28H28BNO6S/c31-23-8-6-7-20(16-23)15-21(25-11-4-5-14-30-25)12-13-26-28-22(18-35-24-9-2-1-3-10-24)19-37(33,34)27(28)17-29(32)36-26/h1-11,14-16,26-27,31-32H,12-13,17-19H2/b21-15-/t26-,27+/m1/s1. The Labute approximate surface area is 217 Å². The van der Waals surface area contributed by atoms with E-state index in [1.165, 1.54) is 0 Å². The minimum atomic E-state index is -3.46. The van der Waals surface area contributed by atoms with E-state index in [0.29, 0.717) is 29.7 Å². The molecule has 0 unspecified atom stereocenters. The van der Waals surface area contributed by atoms with Crippen LogP contribution in [0.5, 0.6) is 11.5 Å². The third-order valence-corrected chi connectivity index (χ3v) is 8.75. The quantitative estimate of drug-likeness (QED) is 0.342. The van der Waals surface area contributed by atoms with Crippen LogP contribution < -0.4 is 4.74 Å². The Balaban J connectivity index is 1.43. The van der Waals surface area contributed by atoms with Crippen LogP contribution in [-0.4, -0.2) is 54.4 Å². The van der Waals surface area contributed by atoms with Crippen molar-refractivity contribution in [3.63, 3.8) is 0 Å². The number of ether oxygens (including phenoxy) is 1. The van der Waals surface area contributed by atoms with Gasteiger partial charge in [0.05, 0.1) is 22.8 Å². The normalized spacial score (nSPS) is 21.1. The number of pyridine rings is 1. The lowest BCUT2D eigenvalue weighted by atomic mass is 9.74. The molecule has 1 aromatic heterocycles. The Hall–Kier alpha value is -3.40. The molecule has 1 fully saturated rings. The highest BCUT2D eigenvalue weighted by atomic mass is 32.2. The third-order valence-electron chi connectivity index (χ3n) is 6.69. The molecule has 2 atom stereocenters. The summed E-state index contributed by atoms with van der Waals surface area (Å²) in [6.45, 7) is 0.150. The number of aromatic nitrogens is 1. The zero-order valence-corrected chi connectivity index (χ0v) is 21.0. The van der Waals surface area contributed by atoms with Crippen molar-refractivity contribution in [2.75, 3.05) is 12.4 Å². The van der Waals surface area contributed by atoms with Gasteiger partial charge in [-0.15, -0.1) is 0 Å². The van der Waals surface area contributed by atoms with Crippen LogP contribution >= 0.6 is 0 Å². The number of para-hydroxylation sites is 1. The molecule has 37 heavy (non-hydrogen) atoms. The largest absolute Gasteiger partial charge is 0.508 e. The second-order valence-electron chi connectivity index (χ2n) is 9.29. The van der Waals surface area contributed by atoms with Crippen molar-refractivity contribution in [2.24, 2.45) is 0 Å². The molecule has 2 aliphatic heterocycles. The molecule has 5 rings (SSSR count). The van der Waals surface area contributed by atoms with Crippen LogP contribution in [0.3, 0.4) is 0 Å². The lowest BCUT2D eigenvalue weighted by Gasteiger charge is -2.32. The number of hydrogen-bond donors (Lipinski definition) is 2. The molecule has 0 spiro atoms. The monoisotopic (exact) mass is 517 g/mol. The van der Waals surface area contributed by atoms with Crippen molar-refractivity contribution in [2.45, 2.75) is 30.5 Å². The number of aromatic hydroxyl groups is 1. The lowest BCUT2D eigenvalue weighted by Crippen LogP contribution is -2.42. The average Bonchev–Trinajstić information content (AvgIpc) is 3.16. The first-order chi connectivity index (χ1) is 17.9. The van der Waals surface area contributed by atoms with Gasteiger partial charge in [0.15, 0.2) is 9.84 Å². The topological polar surface area (TPSA) is 106 Å². The maximum atomic E-state index is 13.0. The summed E-state index contributed by atoms with van der Waals surface area (Å²) in [5.41, 5.74) is 3.91. The molecular formula is C28H28BNO6S. The predicted molar refractivity (Wildman–Crippen MR) is 144 cm³/mol. The summed E-state index contributed by atoms with van der Waals surface area (Å²) >= 11 is 0. The van der Waals surface area contributed by atoms with Crippen LogP contribution in [0.15, 0.2) is 90.1 Å². The Morgan fingerprint density at radius 1 is 1.11 bits per heavy atom. The highest BCUT2D eigenvalue weighted by Gasteiger charge is 2.48. The maximum absolute atomic E-state index is 13.0. The van der Waals surface area contributed by atoms with E-state index in [-0.39, 0.29) is 24.4 Å². The average molecular weight is 517 g/mol. The van der Waals surface area contributed by atoms with Gasteiger partial charge in [-0.25, -0.2) is 8.42 Å². The maximum Gasteiger partial charge on any atom is 0.456 e. The van der Waals surface area contributed by atoms with Gasteiger partial charge in [-0.1, -0.05) is 36.4 Å². The molecule has 0 amide bonds. The van der Waals surface area contributed by atoms with E-state index in [9.17, 15) is 18.5 Å². The number of fused-ring (bicyclic) bond motifs is 1. The second kappa shape index (κ2) is 10.9. The van der Waals surface area contributed by atoms with Crippen molar-refractivity contribution in [3.8, 4) is 11.5 Å². The molecule has 0 radical (unpaired) electrons. The summed E-state index contributed by atoms with van der Waals surface area (Å²) in [6, 6.07) is 21.9. The summed E-state index contributed by atoms with van der Waals surface area (Å²) in [5, 5.41) is 19.5. The first-order valence-electron chi connectivity index (χ1n) is 12.2. The Kier molecular flexibility index (Phi) is 7.46. The molecule has 2 aromatic carbocycles. The summed E-state index contributed by atoms with van der Waals surface area (Å²) < 4.78 is 37.9. The fraction of sp³-hybridized carbons (Fsp3) is 0.250. The van der Waals surface area contributed by atoms with Crippen LogP contribution in [0.4, 0.5) is 0 Å². The first-order valence-corrected chi connectivity index (χ1v) is 14.0. The Morgan fingerprint density at radius 2 is 1.92 bits per heavy atom. The van der Waals surface area contributed by atoms with E-state index in [0.717, 1.165) is 16.8 Å². The molecule has 3 heterocycles. The number of allylic oxidation sites excluding steroid dienone is 1. The Morgan fingerprint density at radius 3 is 2.68 bits per heavy atom. The summed E-state index contributed by atoms with van der Waals surface area (Å²) in [4.78, 5) is 4.50. The van der Waals surface area contributed by atoms with E-state index < -0.39 is 28.3 Å². The molecule has 7 nitrogen and oxygen atoms in total. The zero-order chi connectivity index (χ0) is 25.8. The SMILES string of the molecule is O=S1(=O)CC(COc2ccccc2)=C2[C@@H](CC/C(=C/c3cccc(O)c3)c3ccccn3)OB(O)C[C@@H]21. The third kappa shape index (κ3) is 5.96. The van der Waals surface area contributed by atoms with E-state index >= 15 is 0 Å². The van der Waals surface area contributed by atoms with Gasteiger partial charge in [0.25, 0.3) is 0 Å². The fourth-order valence-electron chi connectivity index (χ4n) is 5.02. The highest BCUT2D eigenvalue weighted by Crippen LogP contribution is 2.40. The van der Waals surface area contributed by atoms with Gasteiger partial charge in [-0.3, -0.25) is 4.98 Å². The first kappa shape index (κ1) is 25.3. The van der Waals surface area contributed by atoms with E-state index in [1.54, 1.807) is 24.4 Å². The van der Waals surface area contributed by atoms with Crippen LogP contribution in [0.2, 0.25) is 6.32 Å². The molecule has 1 saturated heterocycles. The van der Waals surface area contributed by atoms with Crippen molar-refractivity contribution in [1.82, 2.24) is 4.98 Å². The number of phenols is 1. The molecule has 3 aromatic rings. The van der Waals surface area contributed by atoms with Gasteiger partial charge in [-0.05, 0) is 77.6 Å². The number of phenolic OH excluding ortho intramolecular Hbond substituents is 1. The van der Waals surface area contributed by atoms with E-state index in [2.05, 4.69) is 4.98 Å². The number of rotatable bonds is 8. The molecule has 2 N–H and O–H groups in total. The lowest BCUT2D eigenvalue weighted by molar-refractivity contribution is 0.170. The molecule has 0 bridgehead atoms. The number of hydrogen-bond acceptors (Lipinski definition) is 7. The molecule has 9 heteroatoms. The Bertz CT molecular complexity index is 1410. The summed E-state index contributed by atoms with van der Waals surface area (Å²) in [7, 11) is -4.62. The van der Waals surface area contributed by atoms with Crippen molar-refractivity contribution < 1.29 is 27.9 Å². The second-order valence-corrected chi connectivity index (χ2v) is 11.5. The molecule has 2 aliphatic rings. The molecule has 190 valence electrons. The fourth-order valence-corrected chi connectivity index (χ4v) is 7.12. The van der Waals surface area contributed by atoms with Crippen molar-refractivity contribution in [1.29, 1.82) is 0 Å². The number of benzene rings is 2. The van der Waals surface area contributed by atoms with Crippen molar-refractivity contribution >= 4 is 28.6 Å². The minimum absolute atomic E-state index is 0.0230. The van der Waals surface area contributed by atoms with E-state index in [1.807, 2.05) is 60.7 Å². The van der Waals surface area contributed by atoms with E-state index in [4.69, 9.17) is 9.39 Å². The van der Waals surface area contributed by atoms with Crippen molar-refractivity contribution in [3.05, 3.63) is 101 Å². The van der Waals surface area contributed by atoms with Gasteiger partial charge < -0.3 is 19.5 Å². The minimum Gasteiger partial charge on any atom is -0.508 e. The van der Waals surface area contributed by atoms with Crippen LogP contribution in [-0.2, 0) is 14.5 Å².